The molecular formula is C10H10NO3S. The van der Waals surface area contributed by atoms with Gasteiger partial charge in [0.1, 0.15) is 0 Å². The first kappa shape index (κ1) is 10.2. The fraction of sp³-hybridized carbons (Fsp3) is 0.200. The molecule has 1 aromatic rings. The zero-order chi connectivity index (χ0) is 10.9. The van der Waals surface area contributed by atoms with Gasteiger partial charge in [0.15, 0.2) is 18.4 Å². The number of hydrogen-bond acceptors (Lipinski definition) is 4. The van der Waals surface area contributed by atoms with Gasteiger partial charge in [0.2, 0.25) is 9.84 Å². The molecule has 0 spiro atoms. The standard InChI is InChI=1S/C10H10NO3S/c1-8-3-2-4-9(5-8)15(12,13)10-6-14-7-11-10/h2-7,10H,1H3. The van der Waals surface area contributed by atoms with Gasteiger partial charge >= 0.3 is 0 Å². The summed E-state index contributed by atoms with van der Waals surface area (Å²) in [6.07, 6.45) is 1.14. The fourth-order valence-corrected chi connectivity index (χ4v) is 2.64. The number of nitrogens with zero attached hydrogens (tertiary/aromatic N) is 1. The lowest BCUT2D eigenvalue weighted by molar-refractivity contribution is 0.432. The topological polar surface area (TPSA) is 55.7 Å². The Labute approximate surface area is 88.5 Å². The Hall–Kier alpha value is -1.36. The van der Waals surface area contributed by atoms with Gasteiger partial charge in [0.05, 0.1) is 4.90 Å². The summed E-state index contributed by atoms with van der Waals surface area (Å²) in [5.41, 5.74) is 0.902. The van der Waals surface area contributed by atoms with E-state index in [0.717, 1.165) is 12.0 Å². The molecule has 4 nitrogen and oxygen atoms in total. The first-order valence-electron chi connectivity index (χ1n) is 4.42. The van der Waals surface area contributed by atoms with Crippen molar-refractivity contribution in [3.05, 3.63) is 36.4 Å². The highest BCUT2D eigenvalue weighted by atomic mass is 32.2. The Bertz CT molecular complexity index is 493. The van der Waals surface area contributed by atoms with Crippen molar-refractivity contribution in [1.82, 2.24) is 0 Å². The van der Waals surface area contributed by atoms with Crippen molar-refractivity contribution in [3.8, 4) is 0 Å². The van der Waals surface area contributed by atoms with E-state index in [0.29, 0.717) is 0 Å². The first-order valence-corrected chi connectivity index (χ1v) is 5.96. The molecule has 0 saturated heterocycles. The van der Waals surface area contributed by atoms with Crippen LogP contribution in [0, 0.1) is 13.5 Å². The number of hydrogen-bond donors (Lipinski definition) is 0. The molecule has 5 heteroatoms. The molecule has 1 aromatic carbocycles. The maximum atomic E-state index is 12.0. The molecular weight excluding hydrogens is 214 g/mol. The number of rotatable bonds is 2. The van der Waals surface area contributed by atoms with Gasteiger partial charge in [0.25, 0.3) is 0 Å². The molecule has 2 rings (SSSR count). The molecule has 1 heterocycles. The molecule has 0 amide bonds. The maximum Gasteiger partial charge on any atom is 0.205 e. The second-order valence-electron chi connectivity index (χ2n) is 3.28. The Morgan fingerprint density at radius 3 is 2.80 bits per heavy atom. The molecule has 1 aliphatic rings. The van der Waals surface area contributed by atoms with Crippen LogP contribution in [0.1, 0.15) is 5.56 Å². The minimum Gasteiger partial charge on any atom is -0.473 e. The van der Waals surface area contributed by atoms with Crippen molar-refractivity contribution >= 4 is 16.2 Å². The third-order valence-electron chi connectivity index (χ3n) is 2.10. The molecule has 79 valence electrons. The summed E-state index contributed by atoms with van der Waals surface area (Å²) in [7, 11) is -3.44. The summed E-state index contributed by atoms with van der Waals surface area (Å²) >= 11 is 0. The second-order valence-corrected chi connectivity index (χ2v) is 5.32. The van der Waals surface area contributed by atoms with E-state index in [2.05, 4.69) is 4.99 Å². The highest BCUT2D eigenvalue weighted by Crippen LogP contribution is 2.21. The average molecular weight is 224 g/mol. The Morgan fingerprint density at radius 2 is 2.20 bits per heavy atom. The molecule has 0 fully saturated rings. The van der Waals surface area contributed by atoms with E-state index >= 15 is 0 Å². The normalized spacial score (nSPS) is 20.2. The van der Waals surface area contributed by atoms with E-state index < -0.39 is 15.2 Å². The number of aliphatic imine (C=N–C) groups is 1. The van der Waals surface area contributed by atoms with Crippen LogP contribution in [0.3, 0.4) is 0 Å². The summed E-state index contributed by atoms with van der Waals surface area (Å²) in [6.45, 7) is 3.05. The van der Waals surface area contributed by atoms with Gasteiger partial charge in [-0.15, -0.1) is 0 Å². The van der Waals surface area contributed by atoms with E-state index in [9.17, 15) is 8.42 Å². The summed E-state index contributed by atoms with van der Waals surface area (Å²) in [4.78, 5) is 3.99. The molecule has 15 heavy (non-hydrogen) atoms. The van der Waals surface area contributed by atoms with Gasteiger partial charge in [-0.25, -0.2) is 13.4 Å². The van der Waals surface area contributed by atoms with Gasteiger partial charge in [-0.3, -0.25) is 0 Å². The van der Waals surface area contributed by atoms with Crippen LogP contribution < -0.4 is 0 Å². The van der Waals surface area contributed by atoms with Crippen molar-refractivity contribution in [1.29, 1.82) is 0 Å². The SMILES string of the molecule is Cc1cccc(S(=O)(=O)C2[CH]OC=N2)c1. The van der Waals surface area contributed by atoms with E-state index in [1.54, 1.807) is 18.2 Å². The predicted octanol–water partition coefficient (Wildman–Crippen LogP) is 1.32. The van der Waals surface area contributed by atoms with E-state index in [1.807, 2.05) is 13.0 Å². The van der Waals surface area contributed by atoms with E-state index in [-0.39, 0.29) is 4.90 Å². The van der Waals surface area contributed by atoms with Crippen LogP contribution in [-0.2, 0) is 14.6 Å². The zero-order valence-corrected chi connectivity index (χ0v) is 8.94. The number of ether oxygens (including phenoxy) is 1. The largest absolute Gasteiger partial charge is 0.473 e. The van der Waals surface area contributed by atoms with Gasteiger partial charge in [-0.1, -0.05) is 12.1 Å². The lowest BCUT2D eigenvalue weighted by Crippen LogP contribution is -2.17. The number of sulfone groups is 1. The quantitative estimate of drug-likeness (QED) is 0.761. The summed E-state index contributed by atoms with van der Waals surface area (Å²) in [5, 5.41) is -0.917. The van der Waals surface area contributed by atoms with Crippen LogP contribution in [0.4, 0.5) is 0 Å². The Morgan fingerprint density at radius 1 is 1.40 bits per heavy atom. The molecule has 0 saturated carbocycles. The molecule has 0 bridgehead atoms. The van der Waals surface area contributed by atoms with Crippen LogP contribution in [0.25, 0.3) is 0 Å². The van der Waals surface area contributed by atoms with Gasteiger partial charge in [0, 0.05) is 0 Å². The van der Waals surface area contributed by atoms with Crippen molar-refractivity contribution in [3.63, 3.8) is 0 Å². The van der Waals surface area contributed by atoms with Crippen molar-refractivity contribution in [2.75, 3.05) is 0 Å². The number of aryl methyl sites for hydroxylation is 1. The molecule has 1 atom stereocenters. The summed E-state index contributed by atoms with van der Waals surface area (Å²) in [5.74, 6) is 0. The van der Waals surface area contributed by atoms with Crippen LogP contribution in [0.2, 0.25) is 0 Å². The predicted molar refractivity (Wildman–Crippen MR) is 56.0 cm³/mol. The maximum absolute atomic E-state index is 12.0. The highest BCUT2D eigenvalue weighted by molar-refractivity contribution is 7.92. The Kier molecular flexibility index (Phi) is 2.48. The number of benzene rings is 1. The third-order valence-corrected chi connectivity index (χ3v) is 3.88. The van der Waals surface area contributed by atoms with Gasteiger partial charge in [-0.05, 0) is 24.6 Å². The minimum atomic E-state index is -3.44. The molecule has 0 N–H and O–H groups in total. The lowest BCUT2D eigenvalue weighted by atomic mass is 10.2. The highest BCUT2D eigenvalue weighted by Gasteiger charge is 2.30. The van der Waals surface area contributed by atoms with Crippen LogP contribution in [0.15, 0.2) is 34.2 Å². The first-order chi connectivity index (χ1) is 7.10. The summed E-state index contributed by atoms with van der Waals surface area (Å²) in [6, 6.07) is 6.74. The van der Waals surface area contributed by atoms with Gasteiger partial charge < -0.3 is 4.74 Å². The second kappa shape index (κ2) is 3.66. The average Bonchev–Trinajstić information content (AvgIpc) is 2.71. The van der Waals surface area contributed by atoms with Crippen LogP contribution in [0.5, 0.6) is 0 Å². The molecule has 1 unspecified atom stereocenters. The zero-order valence-electron chi connectivity index (χ0n) is 8.12. The molecule has 0 aliphatic carbocycles. The molecule has 1 radical (unpaired) electrons. The lowest BCUT2D eigenvalue weighted by Gasteiger charge is -2.07. The Balaban J connectivity index is 2.41. The van der Waals surface area contributed by atoms with Crippen LogP contribution in [-0.4, -0.2) is 20.2 Å². The van der Waals surface area contributed by atoms with Crippen molar-refractivity contribution < 1.29 is 13.2 Å². The van der Waals surface area contributed by atoms with E-state index in [4.69, 9.17) is 4.74 Å². The molecule has 1 aliphatic heterocycles. The van der Waals surface area contributed by atoms with Gasteiger partial charge in [-0.2, -0.15) is 0 Å². The van der Waals surface area contributed by atoms with Crippen molar-refractivity contribution in [2.24, 2.45) is 4.99 Å². The third kappa shape index (κ3) is 1.87. The van der Waals surface area contributed by atoms with Crippen molar-refractivity contribution in [2.45, 2.75) is 17.2 Å². The van der Waals surface area contributed by atoms with Crippen LogP contribution >= 0.6 is 0 Å². The summed E-state index contributed by atoms with van der Waals surface area (Å²) < 4.78 is 28.6. The minimum absolute atomic E-state index is 0.270. The van der Waals surface area contributed by atoms with E-state index in [1.165, 1.54) is 6.61 Å². The monoisotopic (exact) mass is 224 g/mol. The fourth-order valence-electron chi connectivity index (χ4n) is 1.32. The smallest absolute Gasteiger partial charge is 0.205 e. The molecule has 0 aromatic heterocycles.